The highest BCUT2D eigenvalue weighted by atomic mass is 127. The molecular weight excluding hydrogens is 262 g/mol. The summed E-state index contributed by atoms with van der Waals surface area (Å²) in [6.45, 7) is 0. The SMILES string of the molecule is N#Cc1cc(Cl)nc(I)c1. The molecule has 0 radical (unpaired) electrons. The summed E-state index contributed by atoms with van der Waals surface area (Å²) in [5.74, 6) is 0. The highest BCUT2D eigenvalue weighted by molar-refractivity contribution is 14.1. The van der Waals surface area contributed by atoms with Gasteiger partial charge in [0.05, 0.1) is 11.6 Å². The Balaban J connectivity index is 3.22. The fraction of sp³-hybridized carbons (Fsp3) is 0. The van der Waals surface area contributed by atoms with E-state index in [1.807, 2.05) is 28.7 Å². The van der Waals surface area contributed by atoms with Gasteiger partial charge in [0.25, 0.3) is 0 Å². The van der Waals surface area contributed by atoms with Crippen LogP contribution < -0.4 is 0 Å². The first-order valence-electron chi connectivity index (χ1n) is 2.45. The molecule has 0 N–H and O–H groups in total. The lowest BCUT2D eigenvalue weighted by Gasteiger charge is -1.91. The maximum absolute atomic E-state index is 8.45. The zero-order valence-corrected chi connectivity index (χ0v) is 7.72. The molecule has 4 heteroatoms. The molecular formula is C6H2ClIN2. The van der Waals surface area contributed by atoms with Crippen LogP contribution in [0, 0.1) is 15.0 Å². The molecule has 50 valence electrons. The Labute approximate surface area is 77.0 Å². The Morgan fingerprint density at radius 2 is 2.30 bits per heavy atom. The highest BCUT2D eigenvalue weighted by Gasteiger charge is 1.95. The van der Waals surface area contributed by atoms with E-state index in [2.05, 4.69) is 4.98 Å². The first kappa shape index (κ1) is 7.76. The van der Waals surface area contributed by atoms with E-state index in [0.29, 0.717) is 10.7 Å². The lowest BCUT2D eigenvalue weighted by molar-refractivity contribution is 1.26. The predicted octanol–water partition coefficient (Wildman–Crippen LogP) is 2.21. The van der Waals surface area contributed by atoms with Gasteiger partial charge in [-0.3, -0.25) is 0 Å². The highest BCUT2D eigenvalue weighted by Crippen LogP contribution is 2.10. The van der Waals surface area contributed by atoms with Crippen molar-refractivity contribution < 1.29 is 0 Å². The van der Waals surface area contributed by atoms with Gasteiger partial charge in [0.1, 0.15) is 8.85 Å². The van der Waals surface area contributed by atoms with Crippen molar-refractivity contribution in [3.63, 3.8) is 0 Å². The monoisotopic (exact) mass is 264 g/mol. The Kier molecular flexibility index (Phi) is 2.46. The lowest BCUT2D eigenvalue weighted by Crippen LogP contribution is -1.82. The van der Waals surface area contributed by atoms with Crippen LogP contribution in [-0.2, 0) is 0 Å². The van der Waals surface area contributed by atoms with Gasteiger partial charge in [-0.15, -0.1) is 0 Å². The van der Waals surface area contributed by atoms with Crippen LogP contribution in [0.2, 0.25) is 5.15 Å². The van der Waals surface area contributed by atoms with Crippen LogP contribution in [0.3, 0.4) is 0 Å². The Bertz CT molecular complexity index is 272. The molecule has 1 aromatic heterocycles. The van der Waals surface area contributed by atoms with Crippen LogP contribution in [0.4, 0.5) is 0 Å². The predicted molar refractivity (Wildman–Crippen MR) is 46.7 cm³/mol. The molecule has 0 aliphatic carbocycles. The smallest absolute Gasteiger partial charge is 0.131 e. The Morgan fingerprint density at radius 1 is 1.60 bits per heavy atom. The molecule has 2 nitrogen and oxygen atoms in total. The topological polar surface area (TPSA) is 36.7 Å². The van der Waals surface area contributed by atoms with Gasteiger partial charge < -0.3 is 0 Å². The largest absolute Gasteiger partial charge is 0.230 e. The lowest BCUT2D eigenvalue weighted by atomic mass is 10.3. The standard InChI is InChI=1S/C6H2ClIN2/c7-5-1-4(3-9)2-6(8)10-5/h1-2H. The average Bonchev–Trinajstić information content (AvgIpc) is 1.85. The number of nitriles is 1. The number of nitrogens with zero attached hydrogens (tertiary/aromatic N) is 2. The molecule has 0 spiro atoms. The number of hydrogen-bond donors (Lipinski definition) is 0. The first-order chi connectivity index (χ1) is 4.72. The number of halogens is 2. The maximum atomic E-state index is 8.45. The van der Waals surface area contributed by atoms with Crippen molar-refractivity contribution in [2.45, 2.75) is 0 Å². The molecule has 0 amide bonds. The summed E-state index contributed by atoms with van der Waals surface area (Å²) in [4.78, 5) is 3.88. The van der Waals surface area contributed by atoms with Gasteiger partial charge in [-0.2, -0.15) is 5.26 Å². The van der Waals surface area contributed by atoms with Crippen molar-refractivity contribution in [1.29, 1.82) is 5.26 Å². The zero-order valence-electron chi connectivity index (χ0n) is 4.81. The van der Waals surface area contributed by atoms with Crippen LogP contribution in [0.1, 0.15) is 5.56 Å². The quantitative estimate of drug-likeness (QED) is 0.532. The molecule has 10 heavy (non-hydrogen) atoms. The maximum Gasteiger partial charge on any atom is 0.131 e. The molecule has 0 unspecified atom stereocenters. The van der Waals surface area contributed by atoms with E-state index >= 15 is 0 Å². The summed E-state index contributed by atoms with van der Waals surface area (Å²) in [5.41, 5.74) is 0.546. The van der Waals surface area contributed by atoms with Gasteiger partial charge in [-0.25, -0.2) is 4.98 Å². The summed E-state index contributed by atoms with van der Waals surface area (Å²) in [7, 11) is 0. The summed E-state index contributed by atoms with van der Waals surface area (Å²) in [6, 6.07) is 5.18. The normalized spacial score (nSPS) is 8.90. The first-order valence-corrected chi connectivity index (χ1v) is 3.91. The Morgan fingerprint density at radius 3 is 2.80 bits per heavy atom. The molecule has 1 aromatic rings. The zero-order chi connectivity index (χ0) is 7.56. The van der Waals surface area contributed by atoms with E-state index in [4.69, 9.17) is 16.9 Å². The summed E-state index contributed by atoms with van der Waals surface area (Å²) >= 11 is 7.57. The Hall–Kier alpha value is -0.340. The second-order valence-electron chi connectivity index (χ2n) is 1.61. The second-order valence-corrected chi connectivity index (χ2v) is 3.11. The number of aromatic nitrogens is 1. The number of rotatable bonds is 0. The van der Waals surface area contributed by atoms with Crippen LogP contribution in [-0.4, -0.2) is 4.98 Å². The van der Waals surface area contributed by atoms with E-state index in [-0.39, 0.29) is 0 Å². The molecule has 0 aliphatic heterocycles. The number of pyridine rings is 1. The summed E-state index contributed by atoms with van der Waals surface area (Å²) in [5, 5.41) is 8.81. The van der Waals surface area contributed by atoms with Crippen molar-refractivity contribution in [2.75, 3.05) is 0 Å². The molecule has 0 saturated heterocycles. The minimum Gasteiger partial charge on any atom is -0.230 e. The van der Waals surface area contributed by atoms with Crippen molar-refractivity contribution in [2.24, 2.45) is 0 Å². The molecule has 0 aromatic carbocycles. The third kappa shape index (κ3) is 1.82. The minimum absolute atomic E-state index is 0.364. The molecule has 1 heterocycles. The van der Waals surface area contributed by atoms with E-state index in [1.165, 1.54) is 6.07 Å². The van der Waals surface area contributed by atoms with E-state index < -0.39 is 0 Å². The van der Waals surface area contributed by atoms with Crippen molar-refractivity contribution in [1.82, 2.24) is 4.98 Å². The van der Waals surface area contributed by atoms with E-state index in [9.17, 15) is 0 Å². The molecule has 0 aliphatic rings. The fourth-order valence-electron chi connectivity index (χ4n) is 0.529. The van der Waals surface area contributed by atoms with Gasteiger partial charge >= 0.3 is 0 Å². The molecule has 0 saturated carbocycles. The van der Waals surface area contributed by atoms with Crippen molar-refractivity contribution >= 4 is 34.2 Å². The van der Waals surface area contributed by atoms with Crippen molar-refractivity contribution in [3.8, 4) is 6.07 Å². The van der Waals surface area contributed by atoms with Gasteiger partial charge in [-0.05, 0) is 34.7 Å². The van der Waals surface area contributed by atoms with Crippen LogP contribution >= 0.6 is 34.2 Å². The van der Waals surface area contributed by atoms with Gasteiger partial charge in [0.15, 0.2) is 0 Å². The second kappa shape index (κ2) is 3.17. The fourth-order valence-corrected chi connectivity index (χ4v) is 1.48. The van der Waals surface area contributed by atoms with Gasteiger partial charge in [0, 0.05) is 0 Å². The van der Waals surface area contributed by atoms with Crippen LogP contribution in [0.5, 0.6) is 0 Å². The van der Waals surface area contributed by atoms with Crippen LogP contribution in [0.25, 0.3) is 0 Å². The van der Waals surface area contributed by atoms with E-state index in [0.717, 1.165) is 3.70 Å². The van der Waals surface area contributed by atoms with Crippen LogP contribution in [0.15, 0.2) is 12.1 Å². The molecule has 0 atom stereocenters. The third-order valence-corrected chi connectivity index (χ3v) is 1.64. The summed E-state index contributed by atoms with van der Waals surface area (Å²) < 4.78 is 0.738. The van der Waals surface area contributed by atoms with Crippen molar-refractivity contribution in [3.05, 3.63) is 26.5 Å². The third-order valence-electron chi connectivity index (χ3n) is 0.892. The van der Waals surface area contributed by atoms with Gasteiger partial charge in [0.2, 0.25) is 0 Å². The molecule has 0 bridgehead atoms. The van der Waals surface area contributed by atoms with Gasteiger partial charge in [-0.1, -0.05) is 11.6 Å². The summed E-state index contributed by atoms with van der Waals surface area (Å²) in [6.07, 6.45) is 0. The number of hydrogen-bond acceptors (Lipinski definition) is 2. The average molecular weight is 264 g/mol. The minimum atomic E-state index is 0.364. The van der Waals surface area contributed by atoms with E-state index in [1.54, 1.807) is 6.07 Å². The molecule has 1 rings (SSSR count). The molecule has 0 fully saturated rings.